The van der Waals surface area contributed by atoms with E-state index in [2.05, 4.69) is 54.2 Å². The van der Waals surface area contributed by atoms with Gasteiger partial charge in [-0.3, -0.25) is 5.10 Å². The number of hydrogen-bond acceptors (Lipinski definition) is 3. The van der Waals surface area contributed by atoms with Crippen LogP contribution in [0.5, 0.6) is 0 Å². The van der Waals surface area contributed by atoms with Gasteiger partial charge in [-0.25, -0.2) is 4.98 Å². The monoisotopic (exact) mass is 305 g/mol. The molecule has 0 unspecified atom stereocenters. The molecule has 115 valence electrons. The van der Waals surface area contributed by atoms with Gasteiger partial charge < -0.3 is 9.55 Å². The predicted molar refractivity (Wildman–Crippen MR) is 87.6 cm³/mol. The molecule has 23 heavy (non-hydrogen) atoms. The number of benzene rings is 1. The van der Waals surface area contributed by atoms with Crippen molar-refractivity contribution in [3.63, 3.8) is 0 Å². The van der Waals surface area contributed by atoms with Crippen molar-refractivity contribution < 1.29 is 0 Å². The zero-order valence-corrected chi connectivity index (χ0v) is 12.6. The Kier molecular flexibility index (Phi) is 3.63. The van der Waals surface area contributed by atoms with E-state index in [0.29, 0.717) is 0 Å². The molecule has 0 spiro atoms. The lowest BCUT2D eigenvalue weighted by atomic mass is 9.97. The zero-order valence-electron chi connectivity index (χ0n) is 12.6. The number of fused-ring (bicyclic) bond motifs is 1. The first-order valence-electron chi connectivity index (χ1n) is 7.58. The lowest BCUT2D eigenvalue weighted by Crippen LogP contribution is -2.13. The summed E-state index contributed by atoms with van der Waals surface area (Å²) in [6.07, 6.45) is 9.14. The van der Waals surface area contributed by atoms with Crippen molar-refractivity contribution in [2.45, 2.75) is 19.4 Å². The average Bonchev–Trinajstić information content (AvgIpc) is 3.27. The minimum Gasteiger partial charge on any atom is -0.358 e. The van der Waals surface area contributed by atoms with Gasteiger partial charge in [-0.1, -0.05) is 23.4 Å². The molecular formula is C17H17N6. The first kappa shape index (κ1) is 13.8. The van der Waals surface area contributed by atoms with E-state index in [9.17, 15) is 0 Å². The van der Waals surface area contributed by atoms with Crippen molar-refractivity contribution in [2.24, 2.45) is 0 Å². The molecule has 4 rings (SSSR count). The second kappa shape index (κ2) is 6.08. The van der Waals surface area contributed by atoms with Crippen molar-refractivity contribution in [3.05, 3.63) is 72.6 Å². The van der Waals surface area contributed by atoms with Gasteiger partial charge in [-0.05, 0) is 23.9 Å². The maximum absolute atomic E-state index is 4.12. The highest BCUT2D eigenvalue weighted by atomic mass is 15.3. The summed E-state index contributed by atoms with van der Waals surface area (Å²) in [6.45, 7) is 0.822. The van der Waals surface area contributed by atoms with Crippen LogP contribution in [0.15, 0.2) is 55.2 Å². The van der Waals surface area contributed by atoms with Crippen molar-refractivity contribution in [1.29, 1.82) is 0 Å². The summed E-state index contributed by atoms with van der Waals surface area (Å²) in [5.74, 6) is 1.35. The van der Waals surface area contributed by atoms with Crippen LogP contribution in [0.1, 0.15) is 11.4 Å². The van der Waals surface area contributed by atoms with Gasteiger partial charge in [0.25, 0.3) is 0 Å². The molecule has 2 N–H and O–H groups in total. The molecule has 3 aromatic heterocycles. The molecule has 0 atom stereocenters. The number of aromatic nitrogens is 6. The Hall–Kier alpha value is -2.89. The molecule has 0 aliphatic heterocycles. The van der Waals surface area contributed by atoms with Crippen molar-refractivity contribution in [3.8, 4) is 0 Å². The van der Waals surface area contributed by atoms with Gasteiger partial charge in [0.1, 0.15) is 0 Å². The zero-order chi connectivity index (χ0) is 15.5. The molecule has 0 aliphatic rings. The van der Waals surface area contributed by atoms with E-state index in [-0.39, 0.29) is 0 Å². The van der Waals surface area contributed by atoms with Gasteiger partial charge in [-0.2, -0.15) is 0 Å². The number of rotatable bonds is 6. The molecule has 0 saturated carbocycles. The lowest BCUT2D eigenvalue weighted by molar-refractivity contribution is 0.639. The van der Waals surface area contributed by atoms with Gasteiger partial charge in [0.05, 0.1) is 12.0 Å². The molecular weight excluding hydrogens is 288 g/mol. The smallest absolute Gasteiger partial charge is 0.0946 e. The van der Waals surface area contributed by atoms with Crippen LogP contribution in [-0.4, -0.2) is 29.9 Å². The SMILES string of the molecule is c1ccc2[nH]c(C[C](Cc3c[nH]nn3)Cn3ccnc3)cc2c1. The minimum absolute atomic E-state index is 0.796. The third kappa shape index (κ3) is 3.15. The first-order chi connectivity index (χ1) is 11.4. The Labute approximate surface area is 133 Å². The highest BCUT2D eigenvalue weighted by Crippen LogP contribution is 2.21. The van der Waals surface area contributed by atoms with Crippen LogP contribution in [0.3, 0.4) is 0 Å². The molecule has 4 aromatic rings. The van der Waals surface area contributed by atoms with Crippen LogP contribution in [0.4, 0.5) is 0 Å². The quantitative estimate of drug-likeness (QED) is 0.575. The first-order valence-corrected chi connectivity index (χ1v) is 7.58. The number of hydrogen-bond donors (Lipinski definition) is 2. The average molecular weight is 305 g/mol. The van der Waals surface area contributed by atoms with Gasteiger partial charge in [0.2, 0.25) is 0 Å². The van der Waals surface area contributed by atoms with Crippen LogP contribution in [0.2, 0.25) is 0 Å². The molecule has 3 heterocycles. The summed E-state index contributed by atoms with van der Waals surface area (Å²) in [6, 6.07) is 10.6. The Morgan fingerprint density at radius 1 is 1.17 bits per heavy atom. The molecule has 1 aromatic carbocycles. The number of H-pyrrole nitrogens is 2. The van der Waals surface area contributed by atoms with E-state index in [1.54, 1.807) is 6.20 Å². The van der Waals surface area contributed by atoms with Gasteiger partial charge in [0.15, 0.2) is 0 Å². The summed E-state index contributed by atoms with van der Waals surface area (Å²) in [5, 5.41) is 11.9. The Morgan fingerprint density at radius 3 is 2.91 bits per heavy atom. The number of para-hydroxylation sites is 1. The van der Waals surface area contributed by atoms with Crippen LogP contribution < -0.4 is 0 Å². The van der Waals surface area contributed by atoms with E-state index < -0.39 is 0 Å². The van der Waals surface area contributed by atoms with Gasteiger partial charge in [0, 0.05) is 48.7 Å². The standard InChI is InChI=1S/C17H17N6/c1-2-4-17-14(3-1)9-15(20-17)7-13(8-16-10-19-22-21-16)11-23-6-5-18-12-23/h1-6,9-10,12,20H,7-8,11H2,(H,19,21,22). The number of imidazole rings is 1. The maximum Gasteiger partial charge on any atom is 0.0946 e. The van der Waals surface area contributed by atoms with Gasteiger partial charge >= 0.3 is 0 Å². The van der Waals surface area contributed by atoms with E-state index in [1.807, 2.05) is 24.8 Å². The normalized spacial score (nSPS) is 11.5. The number of nitrogens with one attached hydrogen (secondary N) is 2. The third-order valence-electron chi connectivity index (χ3n) is 3.89. The van der Waals surface area contributed by atoms with Crippen molar-refractivity contribution >= 4 is 10.9 Å². The molecule has 0 bridgehead atoms. The summed E-state index contributed by atoms with van der Waals surface area (Å²) in [7, 11) is 0. The van der Waals surface area contributed by atoms with Crippen LogP contribution in [-0.2, 0) is 19.4 Å². The van der Waals surface area contributed by atoms with Crippen LogP contribution in [0.25, 0.3) is 10.9 Å². The molecule has 6 heteroatoms. The van der Waals surface area contributed by atoms with Crippen molar-refractivity contribution in [1.82, 2.24) is 29.9 Å². The lowest BCUT2D eigenvalue weighted by Gasteiger charge is -2.15. The molecule has 6 nitrogen and oxygen atoms in total. The third-order valence-corrected chi connectivity index (χ3v) is 3.89. The summed E-state index contributed by atoms with van der Waals surface area (Å²) in [4.78, 5) is 7.62. The summed E-state index contributed by atoms with van der Waals surface area (Å²) in [5.41, 5.74) is 3.34. The number of aromatic amines is 2. The second-order valence-corrected chi connectivity index (χ2v) is 5.69. The van der Waals surface area contributed by atoms with E-state index in [0.717, 1.165) is 25.1 Å². The Morgan fingerprint density at radius 2 is 2.13 bits per heavy atom. The summed E-state index contributed by atoms with van der Waals surface area (Å²) >= 11 is 0. The summed E-state index contributed by atoms with van der Waals surface area (Å²) < 4.78 is 2.08. The Bertz CT molecular complexity index is 790. The Balaban J connectivity index is 1.56. The van der Waals surface area contributed by atoms with Crippen LogP contribution >= 0.6 is 0 Å². The van der Waals surface area contributed by atoms with E-state index in [1.165, 1.54) is 22.5 Å². The van der Waals surface area contributed by atoms with E-state index in [4.69, 9.17) is 0 Å². The maximum atomic E-state index is 4.12. The molecule has 1 radical (unpaired) electrons. The highest BCUT2D eigenvalue weighted by Gasteiger charge is 2.15. The molecule has 0 fully saturated rings. The second-order valence-electron chi connectivity index (χ2n) is 5.69. The molecule has 0 saturated heterocycles. The van der Waals surface area contributed by atoms with Gasteiger partial charge in [-0.15, -0.1) is 5.10 Å². The minimum atomic E-state index is 0.796. The fourth-order valence-electron chi connectivity index (χ4n) is 2.88. The molecule has 0 aliphatic carbocycles. The largest absolute Gasteiger partial charge is 0.358 e. The fraction of sp³-hybridized carbons (Fsp3) is 0.176. The van der Waals surface area contributed by atoms with Crippen LogP contribution in [0, 0.1) is 5.92 Å². The predicted octanol–water partition coefficient (Wildman–Crippen LogP) is 2.54. The molecule has 0 amide bonds. The topological polar surface area (TPSA) is 75.2 Å². The highest BCUT2D eigenvalue weighted by molar-refractivity contribution is 5.80. The fourth-order valence-corrected chi connectivity index (χ4v) is 2.88. The van der Waals surface area contributed by atoms with Crippen molar-refractivity contribution in [2.75, 3.05) is 0 Å². The van der Waals surface area contributed by atoms with E-state index >= 15 is 0 Å². The number of nitrogens with zero attached hydrogens (tertiary/aromatic N) is 4.